The van der Waals surface area contributed by atoms with E-state index >= 15 is 0 Å². The number of H-pyrrole nitrogens is 1. The maximum Gasteiger partial charge on any atom is 0.522 e. The lowest BCUT2D eigenvalue weighted by molar-refractivity contribution is -0.323. The number of halogens is 6. The number of pyridine rings is 1. The van der Waals surface area contributed by atoms with Crippen LogP contribution in [0.1, 0.15) is 41.9 Å². The summed E-state index contributed by atoms with van der Waals surface area (Å²) in [5.74, 6) is 0.742. The van der Waals surface area contributed by atoms with Crippen LogP contribution in [0.2, 0.25) is 0 Å². The molecule has 1 aliphatic rings. The molecule has 14 heteroatoms. The number of hydrogen-bond donors (Lipinski definition) is 2. The molecule has 0 unspecified atom stereocenters. The van der Waals surface area contributed by atoms with Crippen molar-refractivity contribution in [1.82, 2.24) is 29.6 Å². The van der Waals surface area contributed by atoms with E-state index in [4.69, 9.17) is 0 Å². The van der Waals surface area contributed by atoms with Crippen molar-refractivity contribution in [2.75, 3.05) is 13.2 Å². The summed E-state index contributed by atoms with van der Waals surface area (Å²) in [5.41, 5.74) is -1.13. The van der Waals surface area contributed by atoms with Crippen LogP contribution in [0.3, 0.4) is 0 Å². The van der Waals surface area contributed by atoms with E-state index in [0.717, 1.165) is 41.4 Å². The zero-order chi connectivity index (χ0) is 28.0. The number of ether oxygens (including phenoxy) is 1. The Hall–Kier alpha value is -3.65. The molecule has 5 rings (SSSR count). The van der Waals surface area contributed by atoms with Gasteiger partial charge in [-0.25, -0.2) is 0 Å². The number of nitrogens with one attached hydrogen (secondary N) is 2. The van der Waals surface area contributed by atoms with Crippen LogP contribution >= 0.6 is 0 Å². The van der Waals surface area contributed by atoms with Gasteiger partial charge in [-0.2, -0.15) is 13.2 Å². The summed E-state index contributed by atoms with van der Waals surface area (Å²) < 4.78 is 85.1. The molecule has 8 nitrogen and oxygen atoms in total. The van der Waals surface area contributed by atoms with Crippen molar-refractivity contribution in [2.24, 2.45) is 7.05 Å². The summed E-state index contributed by atoms with van der Waals surface area (Å²) in [4.78, 5) is 16.1. The van der Waals surface area contributed by atoms with E-state index in [2.05, 4.69) is 25.2 Å². The van der Waals surface area contributed by atoms with Gasteiger partial charge in [0.1, 0.15) is 17.7 Å². The maximum absolute atomic E-state index is 14.1. The molecule has 208 valence electrons. The molecular formula is C25H24F6N6O2. The molecule has 1 fully saturated rings. The Labute approximate surface area is 217 Å². The first kappa shape index (κ1) is 26.9. The number of aromatic nitrogens is 5. The van der Waals surface area contributed by atoms with Gasteiger partial charge >= 0.3 is 12.5 Å². The highest BCUT2D eigenvalue weighted by Gasteiger charge is 2.44. The van der Waals surface area contributed by atoms with Crippen molar-refractivity contribution < 1.29 is 31.1 Å². The summed E-state index contributed by atoms with van der Waals surface area (Å²) in [6.45, 7) is -0.968. The Morgan fingerprint density at radius 1 is 1.15 bits per heavy atom. The van der Waals surface area contributed by atoms with E-state index in [1.54, 1.807) is 24.5 Å². The smallest absolute Gasteiger partial charge is 0.353 e. The van der Waals surface area contributed by atoms with Crippen LogP contribution in [-0.4, -0.2) is 43.8 Å². The number of alkyl halides is 6. The Kier molecular flexibility index (Phi) is 6.79. The lowest BCUT2D eigenvalue weighted by Gasteiger charge is -2.41. The molecule has 0 saturated heterocycles. The minimum absolute atomic E-state index is 0.0949. The monoisotopic (exact) mass is 554 g/mol. The summed E-state index contributed by atoms with van der Waals surface area (Å²) in [5, 5.41) is 10.6. The van der Waals surface area contributed by atoms with Gasteiger partial charge in [-0.05, 0) is 36.6 Å². The summed E-state index contributed by atoms with van der Waals surface area (Å²) in [7, 11) is 1.83. The molecule has 0 atom stereocenters. The second-order valence-corrected chi connectivity index (χ2v) is 9.52. The fourth-order valence-corrected chi connectivity index (χ4v) is 5.09. The predicted molar refractivity (Wildman–Crippen MR) is 128 cm³/mol. The number of rotatable bonds is 8. The topological polar surface area (TPSA) is 89.8 Å². The molecule has 0 aliphatic heterocycles. The van der Waals surface area contributed by atoms with Gasteiger partial charge in [0.25, 0.3) is 5.56 Å². The van der Waals surface area contributed by atoms with Crippen molar-refractivity contribution in [1.29, 1.82) is 0 Å². The normalized spacial score (nSPS) is 15.6. The third kappa shape index (κ3) is 5.17. The predicted octanol–water partition coefficient (Wildman–Crippen LogP) is 4.56. The zero-order valence-electron chi connectivity index (χ0n) is 20.7. The Morgan fingerprint density at radius 3 is 2.54 bits per heavy atom. The summed E-state index contributed by atoms with van der Waals surface area (Å²) in [6, 6.07) is 8.00. The molecule has 1 aromatic carbocycles. The van der Waals surface area contributed by atoms with Crippen LogP contribution < -0.4 is 10.9 Å². The fourth-order valence-electron chi connectivity index (χ4n) is 5.09. The second kappa shape index (κ2) is 9.83. The van der Waals surface area contributed by atoms with E-state index in [0.29, 0.717) is 0 Å². The van der Waals surface area contributed by atoms with E-state index in [-0.39, 0.29) is 35.4 Å². The lowest BCUT2D eigenvalue weighted by atomic mass is 9.63. The summed E-state index contributed by atoms with van der Waals surface area (Å²) in [6.07, 6.45) is -4.66. The fraction of sp³-hybridized carbons (Fsp3) is 0.400. The van der Waals surface area contributed by atoms with Crippen LogP contribution in [-0.2, 0) is 29.9 Å². The third-order valence-electron chi connectivity index (χ3n) is 7.04. The first-order chi connectivity index (χ1) is 18.4. The highest BCUT2D eigenvalue weighted by molar-refractivity contribution is 5.84. The SMILES string of the molecule is Cn1cnnc1C1(c2cccc(-n3cc(C(F)(F)F)c4cc(CNCCOC(F)(F)F)[nH]c4c3=O)c2)CCC1. The first-order valence-corrected chi connectivity index (χ1v) is 12.1. The quantitative estimate of drug-likeness (QED) is 0.246. The summed E-state index contributed by atoms with van der Waals surface area (Å²) >= 11 is 0. The molecule has 0 spiro atoms. The molecule has 0 bridgehead atoms. The number of benzene rings is 1. The minimum Gasteiger partial charge on any atom is -0.353 e. The van der Waals surface area contributed by atoms with Crippen LogP contribution in [0.25, 0.3) is 16.6 Å². The maximum atomic E-state index is 14.1. The number of nitrogens with zero attached hydrogens (tertiary/aromatic N) is 4. The van der Waals surface area contributed by atoms with Gasteiger partial charge in [0.2, 0.25) is 0 Å². The average molecular weight is 554 g/mol. The molecule has 3 aromatic heterocycles. The van der Waals surface area contributed by atoms with Gasteiger partial charge in [0, 0.05) is 43.1 Å². The molecule has 2 N–H and O–H groups in total. The van der Waals surface area contributed by atoms with Crippen molar-refractivity contribution in [3.63, 3.8) is 0 Å². The Bertz CT molecular complexity index is 1550. The highest BCUT2D eigenvalue weighted by atomic mass is 19.4. The second-order valence-electron chi connectivity index (χ2n) is 9.52. The molecule has 3 heterocycles. The highest BCUT2D eigenvalue weighted by Crippen LogP contribution is 2.48. The van der Waals surface area contributed by atoms with E-state index in [1.807, 2.05) is 17.7 Å². The van der Waals surface area contributed by atoms with Gasteiger partial charge < -0.3 is 14.9 Å². The van der Waals surface area contributed by atoms with E-state index in [9.17, 15) is 31.1 Å². The van der Waals surface area contributed by atoms with Crippen LogP contribution in [0.5, 0.6) is 0 Å². The van der Waals surface area contributed by atoms with Crippen molar-refractivity contribution in [2.45, 2.75) is 43.8 Å². The molecule has 0 amide bonds. The van der Waals surface area contributed by atoms with Gasteiger partial charge in [-0.15, -0.1) is 23.4 Å². The standard InChI is InChI=1S/C25H24F6N6O2/c1-36-14-33-35-22(36)23(6-3-7-23)15-4-2-5-17(10-15)37-13-19(24(26,27)28)18-11-16(34-20(18)21(37)38)12-32-8-9-39-25(29,30)31/h2,4-5,10-11,13-14,32,34H,3,6-9,12H2,1H3. The number of aromatic amines is 1. The van der Waals surface area contributed by atoms with Gasteiger partial charge in [0.05, 0.1) is 17.6 Å². The van der Waals surface area contributed by atoms with Crippen LogP contribution in [0.15, 0.2) is 47.7 Å². The Balaban J connectivity index is 1.51. The Morgan fingerprint density at radius 2 is 1.92 bits per heavy atom. The van der Waals surface area contributed by atoms with Gasteiger partial charge in [0.15, 0.2) is 0 Å². The van der Waals surface area contributed by atoms with Gasteiger partial charge in [-0.1, -0.05) is 18.6 Å². The van der Waals surface area contributed by atoms with E-state index < -0.39 is 35.7 Å². The van der Waals surface area contributed by atoms with Crippen molar-refractivity contribution in [3.8, 4) is 5.69 Å². The van der Waals surface area contributed by atoms with Crippen LogP contribution in [0.4, 0.5) is 26.3 Å². The molecule has 39 heavy (non-hydrogen) atoms. The van der Waals surface area contributed by atoms with Crippen molar-refractivity contribution in [3.05, 3.63) is 75.9 Å². The molecule has 4 aromatic rings. The largest absolute Gasteiger partial charge is 0.522 e. The van der Waals surface area contributed by atoms with Gasteiger partial charge in [-0.3, -0.25) is 14.1 Å². The molecule has 1 aliphatic carbocycles. The lowest BCUT2D eigenvalue weighted by Crippen LogP contribution is -2.38. The number of fused-ring (bicyclic) bond motifs is 1. The molecule has 1 saturated carbocycles. The van der Waals surface area contributed by atoms with Crippen molar-refractivity contribution >= 4 is 10.9 Å². The van der Waals surface area contributed by atoms with E-state index in [1.165, 1.54) is 6.07 Å². The zero-order valence-corrected chi connectivity index (χ0v) is 20.7. The molecular weight excluding hydrogens is 530 g/mol. The average Bonchev–Trinajstić information content (AvgIpc) is 3.44. The third-order valence-corrected chi connectivity index (χ3v) is 7.04. The first-order valence-electron chi connectivity index (χ1n) is 12.1. The number of aryl methyl sites for hydroxylation is 1. The molecule has 0 radical (unpaired) electrons. The minimum atomic E-state index is -4.78. The van der Waals surface area contributed by atoms with Crippen LogP contribution in [0, 0.1) is 0 Å². The number of hydrogen-bond acceptors (Lipinski definition) is 5.